The van der Waals surface area contributed by atoms with E-state index in [2.05, 4.69) is 0 Å². The van der Waals surface area contributed by atoms with E-state index in [0.29, 0.717) is 24.2 Å². The number of rotatable bonds is 7. The summed E-state index contributed by atoms with van der Waals surface area (Å²) in [7, 11) is 0. The first-order valence-electron chi connectivity index (χ1n) is 10.7. The molecular weight excluding hydrogens is 425 g/mol. The zero-order chi connectivity index (χ0) is 23.2. The lowest BCUT2D eigenvalue weighted by Crippen LogP contribution is -2.42. The van der Waals surface area contributed by atoms with Gasteiger partial charge in [-0.1, -0.05) is 60.7 Å². The molecule has 170 valence electrons. The fourth-order valence-corrected chi connectivity index (χ4v) is 3.99. The number of aliphatic carboxylic acids is 1. The predicted molar refractivity (Wildman–Crippen MR) is 119 cm³/mol. The Kier molecular flexibility index (Phi) is 6.88. The molecule has 1 saturated heterocycles. The maximum absolute atomic E-state index is 13.8. The van der Waals surface area contributed by atoms with Crippen molar-refractivity contribution in [3.63, 3.8) is 0 Å². The molecule has 1 amide bonds. The monoisotopic (exact) mass is 449 g/mol. The normalized spacial score (nSPS) is 17.5. The minimum Gasteiger partial charge on any atom is -0.489 e. The van der Waals surface area contributed by atoms with Gasteiger partial charge in [-0.15, -0.1) is 0 Å². The number of carbonyl (C=O) groups excluding carboxylic acids is 1. The summed E-state index contributed by atoms with van der Waals surface area (Å²) in [5.74, 6) is -0.837. The van der Waals surface area contributed by atoms with Crippen molar-refractivity contribution < 1.29 is 28.6 Å². The molecule has 0 spiro atoms. The van der Waals surface area contributed by atoms with Crippen LogP contribution in [0.1, 0.15) is 35.6 Å². The highest BCUT2D eigenvalue weighted by atomic mass is 19.1. The average molecular weight is 449 g/mol. The Morgan fingerprint density at radius 1 is 0.909 bits per heavy atom. The molecule has 7 heteroatoms. The largest absolute Gasteiger partial charge is 0.489 e. The molecule has 3 aromatic carbocycles. The van der Waals surface area contributed by atoms with Gasteiger partial charge in [-0.05, 0) is 42.2 Å². The van der Waals surface area contributed by atoms with E-state index < -0.39 is 24.1 Å². The maximum atomic E-state index is 13.8. The second-order valence-corrected chi connectivity index (χ2v) is 7.84. The van der Waals surface area contributed by atoms with Crippen molar-refractivity contribution in [1.82, 2.24) is 4.90 Å². The molecule has 1 heterocycles. The van der Waals surface area contributed by atoms with Gasteiger partial charge in [0.1, 0.15) is 30.8 Å². The minimum atomic E-state index is -1.06. The van der Waals surface area contributed by atoms with E-state index in [4.69, 9.17) is 9.47 Å². The molecule has 0 unspecified atom stereocenters. The summed E-state index contributed by atoms with van der Waals surface area (Å²) >= 11 is 0. The zero-order valence-corrected chi connectivity index (χ0v) is 17.9. The summed E-state index contributed by atoms with van der Waals surface area (Å²) in [6, 6.07) is 21.3. The second-order valence-electron chi connectivity index (χ2n) is 7.84. The van der Waals surface area contributed by atoms with Crippen molar-refractivity contribution in [2.75, 3.05) is 0 Å². The van der Waals surface area contributed by atoms with Crippen LogP contribution in [0, 0.1) is 5.82 Å². The van der Waals surface area contributed by atoms with Crippen molar-refractivity contribution in [3.05, 3.63) is 101 Å². The lowest BCUT2D eigenvalue weighted by molar-refractivity contribution is -0.142. The van der Waals surface area contributed by atoms with Gasteiger partial charge < -0.3 is 14.6 Å². The molecule has 3 aromatic rings. The number of amides is 1. The molecule has 0 saturated carbocycles. The van der Waals surface area contributed by atoms with Crippen LogP contribution in [0.4, 0.5) is 9.18 Å². The van der Waals surface area contributed by atoms with E-state index in [1.165, 1.54) is 11.0 Å². The molecule has 1 aliphatic heterocycles. The fraction of sp³-hybridized carbons (Fsp3) is 0.231. The lowest BCUT2D eigenvalue weighted by Gasteiger charge is -2.28. The Labute approximate surface area is 191 Å². The summed E-state index contributed by atoms with van der Waals surface area (Å²) in [5, 5.41) is 9.63. The summed E-state index contributed by atoms with van der Waals surface area (Å²) in [5.41, 5.74) is 2.06. The third-order valence-electron chi connectivity index (χ3n) is 5.70. The molecule has 1 N–H and O–H groups in total. The highest BCUT2D eigenvalue weighted by Gasteiger charge is 2.42. The van der Waals surface area contributed by atoms with Crippen LogP contribution in [0.2, 0.25) is 0 Å². The van der Waals surface area contributed by atoms with E-state index in [-0.39, 0.29) is 19.0 Å². The SMILES string of the molecule is O=C(O)[C@@H]1CC[C@H](c2ccc(OCc3ccccc3F)cc2)N1C(=O)OCc1ccccc1. The maximum Gasteiger partial charge on any atom is 0.411 e. The number of hydrogen-bond acceptors (Lipinski definition) is 4. The number of nitrogens with zero attached hydrogens (tertiary/aromatic N) is 1. The molecule has 0 radical (unpaired) electrons. The Bertz CT molecular complexity index is 1100. The molecular formula is C26H24FNO5. The Morgan fingerprint density at radius 2 is 1.61 bits per heavy atom. The van der Waals surface area contributed by atoms with Crippen molar-refractivity contribution in [3.8, 4) is 5.75 Å². The van der Waals surface area contributed by atoms with Crippen LogP contribution in [0.5, 0.6) is 5.75 Å². The summed E-state index contributed by atoms with van der Waals surface area (Å²) in [6.45, 7) is 0.159. The number of halogens is 1. The first-order valence-corrected chi connectivity index (χ1v) is 10.7. The van der Waals surface area contributed by atoms with Gasteiger partial charge in [0.2, 0.25) is 0 Å². The molecule has 6 nitrogen and oxygen atoms in total. The van der Waals surface area contributed by atoms with Gasteiger partial charge in [0.15, 0.2) is 0 Å². The third kappa shape index (κ3) is 5.31. The second kappa shape index (κ2) is 10.2. The minimum absolute atomic E-state index is 0.0675. The van der Waals surface area contributed by atoms with Gasteiger partial charge in [0.25, 0.3) is 0 Å². The van der Waals surface area contributed by atoms with Crippen molar-refractivity contribution in [1.29, 1.82) is 0 Å². The van der Waals surface area contributed by atoms with Gasteiger partial charge >= 0.3 is 12.1 Å². The topological polar surface area (TPSA) is 76.1 Å². The van der Waals surface area contributed by atoms with E-state index >= 15 is 0 Å². The van der Waals surface area contributed by atoms with Crippen LogP contribution in [0.3, 0.4) is 0 Å². The molecule has 33 heavy (non-hydrogen) atoms. The van der Waals surface area contributed by atoms with Crippen molar-refractivity contribution >= 4 is 12.1 Å². The number of carboxylic acid groups (broad SMARTS) is 1. The first-order chi connectivity index (χ1) is 16.0. The van der Waals surface area contributed by atoms with E-state index in [0.717, 1.165) is 11.1 Å². The molecule has 0 aliphatic carbocycles. The summed E-state index contributed by atoms with van der Waals surface area (Å²) in [6.07, 6.45) is 0.187. The highest BCUT2D eigenvalue weighted by Crippen LogP contribution is 2.37. The zero-order valence-electron chi connectivity index (χ0n) is 17.9. The van der Waals surface area contributed by atoms with Crippen molar-refractivity contribution in [2.45, 2.75) is 38.1 Å². The van der Waals surface area contributed by atoms with E-state index in [1.807, 2.05) is 30.3 Å². The Morgan fingerprint density at radius 3 is 2.30 bits per heavy atom. The average Bonchev–Trinajstić information content (AvgIpc) is 3.29. The molecule has 4 rings (SSSR count). The van der Waals surface area contributed by atoms with Crippen molar-refractivity contribution in [2.24, 2.45) is 0 Å². The molecule has 1 aliphatic rings. The van der Waals surface area contributed by atoms with Crippen LogP contribution in [-0.2, 0) is 22.7 Å². The van der Waals surface area contributed by atoms with Crippen LogP contribution < -0.4 is 4.74 Å². The van der Waals surface area contributed by atoms with Gasteiger partial charge in [0, 0.05) is 5.56 Å². The van der Waals surface area contributed by atoms with Gasteiger partial charge in [-0.2, -0.15) is 0 Å². The summed E-state index contributed by atoms with van der Waals surface area (Å²) < 4.78 is 24.9. The van der Waals surface area contributed by atoms with E-state index in [1.54, 1.807) is 42.5 Å². The quantitative estimate of drug-likeness (QED) is 0.528. The van der Waals surface area contributed by atoms with Crippen LogP contribution in [-0.4, -0.2) is 28.1 Å². The predicted octanol–water partition coefficient (Wildman–Crippen LogP) is 5.33. The number of hydrogen-bond donors (Lipinski definition) is 1. The molecule has 2 atom stereocenters. The third-order valence-corrected chi connectivity index (χ3v) is 5.70. The van der Waals surface area contributed by atoms with Crippen LogP contribution in [0.15, 0.2) is 78.9 Å². The summed E-state index contributed by atoms with van der Waals surface area (Å²) in [4.78, 5) is 25.9. The highest BCUT2D eigenvalue weighted by molar-refractivity contribution is 5.81. The molecule has 0 aromatic heterocycles. The number of carbonyl (C=O) groups is 2. The smallest absolute Gasteiger partial charge is 0.411 e. The van der Waals surface area contributed by atoms with Crippen LogP contribution in [0.25, 0.3) is 0 Å². The van der Waals surface area contributed by atoms with Gasteiger partial charge in [-0.3, -0.25) is 4.90 Å². The number of likely N-dealkylation sites (tertiary alicyclic amines) is 1. The first kappa shape index (κ1) is 22.3. The number of carboxylic acids is 1. The van der Waals surface area contributed by atoms with E-state index in [9.17, 15) is 19.1 Å². The standard InChI is InChI=1S/C26H24FNO5/c27-22-9-5-4-8-20(22)17-32-21-12-10-19(11-13-21)23-14-15-24(25(29)30)28(23)26(31)33-16-18-6-2-1-3-7-18/h1-13,23-24H,14-17H2,(H,29,30)/t23-,24+/m1/s1. The molecule has 0 bridgehead atoms. The van der Waals surface area contributed by atoms with Gasteiger partial charge in [-0.25, -0.2) is 14.0 Å². The number of ether oxygens (including phenoxy) is 2. The Balaban J connectivity index is 1.44. The van der Waals surface area contributed by atoms with Crippen LogP contribution >= 0.6 is 0 Å². The van der Waals surface area contributed by atoms with Gasteiger partial charge in [0.05, 0.1) is 6.04 Å². The number of benzene rings is 3. The Hall–Kier alpha value is -3.87. The molecule has 1 fully saturated rings. The lowest BCUT2D eigenvalue weighted by atomic mass is 10.0. The fourth-order valence-electron chi connectivity index (χ4n) is 3.99.